The molecule has 0 unspecified atom stereocenters. The van der Waals surface area contributed by atoms with E-state index in [0.29, 0.717) is 22.7 Å². The van der Waals surface area contributed by atoms with E-state index in [1.165, 1.54) is 0 Å². The van der Waals surface area contributed by atoms with Crippen LogP contribution in [-0.2, 0) is 18.3 Å². The van der Waals surface area contributed by atoms with Gasteiger partial charge >= 0.3 is 0 Å². The van der Waals surface area contributed by atoms with E-state index in [1.54, 1.807) is 23.9 Å². The Bertz CT molecular complexity index is 734. The zero-order valence-electron chi connectivity index (χ0n) is 11.4. The Kier molecular flexibility index (Phi) is 3.32. The molecule has 2 aromatic rings. The lowest BCUT2D eigenvalue weighted by atomic mass is 9.98. The smallest absolute Gasteiger partial charge is 0.292 e. The minimum absolute atomic E-state index is 0.0432. The lowest BCUT2D eigenvalue weighted by Gasteiger charge is -2.19. The molecule has 1 atom stereocenters. The van der Waals surface area contributed by atoms with Crippen molar-refractivity contribution in [1.29, 1.82) is 0 Å². The highest BCUT2D eigenvalue weighted by Crippen LogP contribution is 2.31. The summed E-state index contributed by atoms with van der Waals surface area (Å²) in [5.74, 6) is 0.666. The van der Waals surface area contributed by atoms with Crippen LogP contribution in [-0.4, -0.2) is 21.6 Å². The summed E-state index contributed by atoms with van der Waals surface area (Å²) in [6.07, 6.45) is 0.534. The summed E-state index contributed by atoms with van der Waals surface area (Å²) in [5, 5.41) is 9.76. The number of hydrogen-bond donors (Lipinski definition) is 2. The number of halogens is 1. The highest BCUT2D eigenvalue weighted by molar-refractivity contribution is 9.10. The largest absolute Gasteiger partial charge is 0.444 e. The van der Waals surface area contributed by atoms with Crippen molar-refractivity contribution < 1.29 is 14.0 Å². The average Bonchev–Trinajstić information content (AvgIpc) is 2.97. The second kappa shape index (κ2) is 5.03. The van der Waals surface area contributed by atoms with Crippen LogP contribution >= 0.6 is 15.9 Å². The Labute approximate surface area is 128 Å². The molecular formula is C13H13BrN4O3. The van der Waals surface area contributed by atoms with E-state index < -0.39 is 0 Å². The standard InChI is InChI=1S/C13H13BrN4O3/c1-6-5-7-10(17-18(2)11(7)16-12(6)19)15-13(20)8-3-4-9(14)21-8/h3-4,6H,5H2,1-2H3,(H,16,19)(H,15,17,20)/t6-/m0/s1. The minimum atomic E-state index is -0.383. The van der Waals surface area contributed by atoms with Gasteiger partial charge in [-0.1, -0.05) is 6.92 Å². The van der Waals surface area contributed by atoms with Crippen LogP contribution in [0.2, 0.25) is 0 Å². The molecule has 3 rings (SSSR count). The quantitative estimate of drug-likeness (QED) is 0.866. The third-order valence-electron chi connectivity index (χ3n) is 3.37. The number of furan rings is 1. The number of anilines is 2. The number of carbonyl (C=O) groups is 2. The van der Waals surface area contributed by atoms with Crippen LogP contribution in [0.1, 0.15) is 23.0 Å². The van der Waals surface area contributed by atoms with E-state index >= 15 is 0 Å². The van der Waals surface area contributed by atoms with Crippen molar-refractivity contribution in [1.82, 2.24) is 9.78 Å². The van der Waals surface area contributed by atoms with Crippen molar-refractivity contribution in [3.8, 4) is 0 Å². The molecule has 8 heteroatoms. The average molecular weight is 353 g/mol. The maximum absolute atomic E-state index is 12.1. The first-order valence-corrected chi connectivity index (χ1v) is 7.18. The van der Waals surface area contributed by atoms with Crippen LogP contribution in [0.3, 0.4) is 0 Å². The fourth-order valence-electron chi connectivity index (χ4n) is 2.26. The fraction of sp³-hybridized carbons (Fsp3) is 0.308. The summed E-state index contributed by atoms with van der Waals surface area (Å²) in [4.78, 5) is 23.8. The predicted octanol–water partition coefficient (Wildman–Crippen LogP) is 2.16. The first kappa shape index (κ1) is 13.9. The predicted molar refractivity (Wildman–Crippen MR) is 79.1 cm³/mol. The molecule has 2 aromatic heterocycles. The molecule has 3 heterocycles. The number of rotatable bonds is 2. The number of aryl methyl sites for hydroxylation is 1. The Hall–Kier alpha value is -2.09. The van der Waals surface area contributed by atoms with Gasteiger partial charge in [-0.3, -0.25) is 14.3 Å². The summed E-state index contributed by atoms with van der Waals surface area (Å²) >= 11 is 3.15. The number of nitrogens with one attached hydrogen (secondary N) is 2. The van der Waals surface area contributed by atoms with Crippen LogP contribution in [0.25, 0.3) is 0 Å². The van der Waals surface area contributed by atoms with E-state index in [9.17, 15) is 9.59 Å². The molecule has 2 N–H and O–H groups in total. The molecule has 0 aromatic carbocycles. The van der Waals surface area contributed by atoms with Crippen molar-refractivity contribution in [3.63, 3.8) is 0 Å². The molecule has 0 spiro atoms. The van der Waals surface area contributed by atoms with Crippen molar-refractivity contribution in [2.75, 3.05) is 10.6 Å². The molecule has 21 heavy (non-hydrogen) atoms. The monoisotopic (exact) mass is 352 g/mol. The Balaban J connectivity index is 1.89. The third kappa shape index (κ3) is 2.46. The summed E-state index contributed by atoms with van der Waals surface area (Å²) in [6, 6.07) is 3.21. The molecule has 0 bridgehead atoms. The van der Waals surface area contributed by atoms with Gasteiger partial charge in [-0.15, -0.1) is 0 Å². The molecule has 2 amide bonds. The Morgan fingerprint density at radius 1 is 1.57 bits per heavy atom. The van der Waals surface area contributed by atoms with Crippen LogP contribution in [0.5, 0.6) is 0 Å². The number of aromatic nitrogens is 2. The second-order valence-corrected chi connectivity index (χ2v) is 5.73. The van der Waals surface area contributed by atoms with E-state index in [4.69, 9.17) is 4.42 Å². The van der Waals surface area contributed by atoms with Gasteiger partial charge in [0.25, 0.3) is 5.91 Å². The van der Waals surface area contributed by atoms with Crippen molar-refractivity contribution in [2.45, 2.75) is 13.3 Å². The lowest BCUT2D eigenvalue weighted by Crippen LogP contribution is -2.28. The number of nitrogens with zero attached hydrogens (tertiary/aromatic N) is 2. The van der Waals surface area contributed by atoms with E-state index in [2.05, 4.69) is 31.7 Å². The normalized spacial score (nSPS) is 17.3. The second-order valence-electron chi connectivity index (χ2n) is 4.95. The van der Waals surface area contributed by atoms with Gasteiger partial charge in [0, 0.05) is 18.5 Å². The zero-order chi connectivity index (χ0) is 15.1. The molecule has 0 saturated heterocycles. The van der Waals surface area contributed by atoms with Gasteiger partial charge in [0.15, 0.2) is 16.2 Å². The van der Waals surface area contributed by atoms with Gasteiger partial charge in [-0.25, -0.2) is 0 Å². The SMILES string of the molecule is C[C@H]1Cc2c(NC(=O)c3ccc(Br)o3)nn(C)c2NC1=O. The molecule has 1 aliphatic heterocycles. The molecule has 1 aliphatic rings. The molecule has 110 valence electrons. The molecule has 0 fully saturated rings. The van der Waals surface area contributed by atoms with Gasteiger partial charge in [-0.05, 0) is 34.5 Å². The fourth-order valence-corrected chi connectivity index (χ4v) is 2.57. The summed E-state index contributed by atoms with van der Waals surface area (Å²) in [6.45, 7) is 1.83. The maximum Gasteiger partial charge on any atom is 0.292 e. The van der Waals surface area contributed by atoms with Gasteiger partial charge < -0.3 is 15.1 Å². The number of hydrogen-bond acceptors (Lipinski definition) is 4. The van der Waals surface area contributed by atoms with Gasteiger partial charge in [-0.2, -0.15) is 5.10 Å². The van der Waals surface area contributed by atoms with Crippen LogP contribution in [0, 0.1) is 5.92 Å². The van der Waals surface area contributed by atoms with E-state index in [1.807, 2.05) is 6.92 Å². The number of amides is 2. The van der Waals surface area contributed by atoms with Gasteiger partial charge in [0.05, 0.1) is 0 Å². The Morgan fingerprint density at radius 2 is 2.33 bits per heavy atom. The highest BCUT2D eigenvalue weighted by Gasteiger charge is 2.29. The first-order valence-electron chi connectivity index (χ1n) is 6.39. The summed E-state index contributed by atoms with van der Waals surface area (Å²) in [7, 11) is 1.72. The van der Waals surface area contributed by atoms with Crippen LogP contribution < -0.4 is 10.6 Å². The third-order valence-corrected chi connectivity index (χ3v) is 3.80. The minimum Gasteiger partial charge on any atom is -0.444 e. The number of fused-ring (bicyclic) bond motifs is 1. The van der Waals surface area contributed by atoms with Crippen molar-refractivity contribution in [3.05, 3.63) is 28.1 Å². The maximum atomic E-state index is 12.1. The number of carbonyl (C=O) groups excluding carboxylic acids is 2. The molecule has 0 radical (unpaired) electrons. The first-order chi connectivity index (χ1) is 9.95. The van der Waals surface area contributed by atoms with E-state index in [-0.39, 0.29) is 23.5 Å². The van der Waals surface area contributed by atoms with Crippen molar-refractivity contribution in [2.24, 2.45) is 13.0 Å². The van der Waals surface area contributed by atoms with Crippen LogP contribution in [0.15, 0.2) is 21.2 Å². The molecule has 7 nitrogen and oxygen atoms in total. The van der Waals surface area contributed by atoms with E-state index in [0.717, 1.165) is 5.56 Å². The molecular weight excluding hydrogens is 340 g/mol. The molecule has 0 saturated carbocycles. The van der Waals surface area contributed by atoms with Crippen molar-refractivity contribution >= 4 is 39.4 Å². The van der Waals surface area contributed by atoms with Gasteiger partial charge in [0.2, 0.25) is 5.91 Å². The van der Waals surface area contributed by atoms with Gasteiger partial charge in [0.1, 0.15) is 5.82 Å². The Morgan fingerprint density at radius 3 is 3.00 bits per heavy atom. The summed E-state index contributed by atoms with van der Waals surface area (Å²) < 4.78 is 7.24. The zero-order valence-corrected chi connectivity index (χ0v) is 13.0. The topological polar surface area (TPSA) is 89.2 Å². The molecule has 0 aliphatic carbocycles. The summed E-state index contributed by atoms with van der Waals surface area (Å²) in [5.41, 5.74) is 0.823. The van der Waals surface area contributed by atoms with Crippen LogP contribution in [0.4, 0.5) is 11.6 Å². The lowest BCUT2D eigenvalue weighted by molar-refractivity contribution is -0.119. The highest BCUT2D eigenvalue weighted by atomic mass is 79.9.